The SMILES string of the molecule is CC#CC[C@H](C)[C@H](O)C=C[C@@H]1[C@H]2CC(=CCCCCNCCO)C[C@H]2C[C@H]1O. The minimum absolute atomic E-state index is 0.115. The number of hydrogen-bond acceptors (Lipinski definition) is 4. The third kappa shape index (κ3) is 7.04. The molecule has 0 saturated heterocycles. The van der Waals surface area contributed by atoms with Gasteiger partial charge in [-0.1, -0.05) is 30.7 Å². The molecule has 0 spiro atoms. The quantitative estimate of drug-likeness (QED) is 0.249. The number of unbranched alkanes of at least 4 members (excludes halogenated alkanes) is 2. The Bertz CT molecular complexity index is 574. The number of aliphatic hydroxyl groups excluding tert-OH is 3. The van der Waals surface area contributed by atoms with Crippen molar-refractivity contribution in [2.75, 3.05) is 19.7 Å². The number of nitrogens with one attached hydrogen (secondary N) is 1. The highest BCUT2D eigenvalue weighted by atomic mass is 16.3. The lowest BCUT2D eigenvalue weighted by Gasteiger charge is -2.19. The first-order chi connectivity index (χ1) is 13.6. The van der Waals surface area contributed by atoms with E-state index in [1.54, 1.807) is 5.57 Å². The number of hydrogen-bond donors (Lipinski definition) is 4. The van der Waals surface area contributed by atoms with E-state index in [-0.39, 0.29) is 24.5 Å². The number of rotatable bonds is 11. The van der Waals surface area contributed by atoms with Crippen LogP contribution in [0.2, 0.25) is 0 Å². The Morgan fingerprint density at radius 1 is 1.25 bits per heavy atom. The molecule has 0 heterocycles. The molecule has 0 radical (unpaired) electrons. The van der Waals surface area contributed by atoms with Crippen molar-refractivity contribution in [2.24, 2.45) is 23.7 Å². The van der Waals surface area contributed by atoms with Crippen LogP contribution in [0.5, 0.6) is 0 Å². The fraction of sp³-hybridized carbons (Fsp3) is 0.750. The summed E-state index contributed by atoms with van der Waals surface area (Å²) < 4.78 is 0. The average Bonchev–Trinajstić information content (AvgIpc) is 3.19. The lowest BCUT2D eigenvalue weighted by Crippen LogP contribution is -2.19. The van der Waals surface area contributed by atoms with Gasteiger partial charge < -0.3 is 20.6 Å². The first-order valence-corrected chi connectivity index (χ1v) is 11.0. The number of fused-ring (bicyclic) bond motifs is 1. The van der Waals surface area contributed by atoms with Gasteiger partial charge in [-0.15, -0.1) is 11.8 Å². The summed E-state index contributed by atoms with van der Waals surface area (Å²) in [4.78, 5) is 0. The van der Waals surface area contributed by atoms with E-state index in [1.807, 2.05) is 19.9 Å². The van der Waals surface area contributed by atoms with E-state index in [2.05, 4.69) is 29.3 Å². The molecule has 4 nitrogen and oxygen atoms in total. The van der Waals surface area contributed by atoms with Crippen LogP contribution in [-0.4, -0.2) is 47.2 Å². The van der Waals surface area contributed by atoms with Gasteiger partial charge in [0, 0.05) is 18.9 Å². The first kappa shape index (κ1) is 23.2. The van der Waals surface area contributed by atoms with Gasteiger partial charge in [-0.3, -0.25) is 0 Å². The molecule has 28 heavy (non-hydrogen) atoms. The topological polar surface area (TPSA) is 72.7 Å². The summed E-state index contributed by atoms with van der Waals surface area (Å²) in [5.74, 6) is 7.29. The molecule has 0 aromatic rings. The van der Waals surface area contributed by atoms with Crippen molar-refractivity contribution in [3.05, 3.63) is 23.8 Å². The van der Waals surface area contributed by atoms with Gasteiger partial charge >= 0.3 is 0 Å². The Balaban J connectivity index is 1.79. The zero-order valence-corrected chi connectivity index (χ0v) is 17.6. The smallest absolute Gasteiger partial charge is 0.0755 e. The monoisotopic (exact) mass is 389 g/mol. The Labute approximate surface area is 171 Å². The van der Waals surface area contributed by atoms with Crippen LogP contribution in [0.3, 0.4) is 0 Å². The molecular formula is C24H39NO3. The molecule has 0 aromatic carbocycles. The maximum Gasteiger partial charge on any atom is 0.0755 e. The maximum absolute atomic E-state index is 10.5. The lowest BCUT2D eigenvalue weighted by atomic mass is 9.89. The molecule has 0 bridgehead atoms. The predicted octanol–water partition coefficient (Wildman–Crippen LogP) is 3.04. The van der Waals surface area contributed by atoms with Gasteiger partial charge in [0.15, 0.2) is 0 Å². The Kier molecular flexibility index (Phi) is 10.3. The van der Waals surface area contributed by atoms with Crippen LogP contribution in [0, 0.1) is 35.5 Å². The molecule has 0 unspecified atom stereocenters. The van der Waals surface area contributed by atoms with E-state index < -0.39 is 6.10 Å². The molecule has 4 N–H and O–H groups in total. The molecule has 4 heteroatoms. The number of aliphatic hydroxyl groups is 3. The standard InChI is InChI=1S/C24H39NO3/c1-3-4-8-18(2)23(27)11-10-21-22-16-19(15-20(22)17-24(21)28)9-6-5-7-12-25-13-14-26/h9-11,18,20-28H,5-8,12-17H2,1-2H3/t18-,20-,21+,22-,23+,24+/m0/s1. The summed E-state index contributed by atoms with van der Waals surface area (Å²) in [5.41, 5.74) is 1.55. The van der Waals surface area contributed by atoms with E-state index in [0.29, 0.717) is 24.8 Å². The zero-order chi connectivity index (χ0) is 20.4. The average molecular weight is 390 g/mol. The minimum atomic E-state index is -0.497. The lowest BCUT2D eigenvalue weighted by molar-refractivity contribution is 0.137. The van der Waals surface area contributed by atoms with Crippen molar-refractivity contribution in [3.63, 3.8) is 0 Å². The fourth-order valence-electron chi connectivity index (χ4n) is 4.66. The fourth-order valence-corrected chi connectivity index (χ4v) is 4.66. The summed E-state index contributed by atoms with van der Waals surface area (Å²) >= 11 is 0. The van der Waals surface area contributed by atoms with Crippen molar-refractivity contribution in [2.45, 2.75) is 71.0 Å². The predicted molar refractivity (Wildman–Crippen MR) is 115 cm³/mol. The van der Waals surface area contributed by atoms with Crippen LogP contribution in [0.1, 0.15) is 58.8 Å². The van der Waals surface area contributed by atoms with Crippen LogP contribution in [0.4, 0.5) is 0 Å². The van der Waals surface area contributed by atoms with E-state index >= 15 is 0 Å². The largest absolute Gasteiger partial charge is 0.395 e. The molecule has 0 aliphatic heterocycles. The molecule has 2 rings (SSSR count). The molecule has 2 aliphatic rings. The van der Waals surface area contributed by atoms with Crippen molar-refractivity contribution < 1.29 is 15.3 Å². The highest BCUT2D eigenvalue weighted by Crippen LogP contribution is 2.50. The highest BCUT2D eigenvalue weighted by molar-refractivity contribution is 5.18. The molecule has 2 aliphatic carbocycles. The van der Waals surface area contributed by atoms with Crippen LogP contribution < -0.4 is 5.32 Å². The Hall–Kier alpha value is -1.12. The minimum Gasteiger partial charge on any atom is -0.395 e. The van der Waals surface area contributed by atoms with Gasteiger partial charge in [-0.25, -0.2) is 0 Å². The van der Waals surface area contributed by atoms with Crippen molar-refractivity contribution in [3.8, 4) is 11.8 Å². The van der Waals surface area contributed by atoms with E-state index in [9.17, 15) is 10.2 Å². The number of allylic oxidation sites excluding steroid dienone is 2. The summed E-state index contributed by atoms with van der Waals surface area (Å²) in [6.07, 6.45) is 12.8. The maximum atomic E-state index is 10.5. The first-order valence-electron chi connectivity index (χ1n) is 11.0. The molecule has 0 aromatic heterocycles. The van der Waals surface area contributed by atoms with Gasteiger partial charge in [-0.2, -0.15) is 0 Å². The van der Waals surface area contributed by atoms with Gasteiger partial charge in [-0.05, 0) is 69.7 Å². The Morgan fingerprint density at radius 2 is 2.07 bits per heavy atom. The molecule has 6 atom stereocenters. The summed E-state index contributed by atoms with van der Waals surface area (Å²) in [6.45, 7) is 5.70. The molecular weight excluding hydrogens is 350 g/mol. The summed E-state index contributed by atoms with van der Waals surface area (Å²) in [6, 6.07) is 0. The van der Waals surface area contributed by atoms with E-state index in [1.165, 1.54) is 6.42 Å². The highest BCUT2D eigenvalue weighted by Gasteiger charge is 2.44. The zero-order valence-electron chi connectivity index (χ0n) is 17.6. The second-order valence-corrected chi connectivity index (χ2v) is 8.53. The van der Waals surface area contributed by atoms with Crippen molar-refractivity contribution in [1.82, 2.24) is 5.32 Å². The molecule has 2 fully saturated rings. The second kappa shape index (κ2) is 12.4. The van der Waals surface area contributed by atoms with Crippen LogP contribution >= 0.6 is 0 Å². The summed E-state index contributed by atoms with van der Waals surface area (Å²) in [5, 5.41) is 32.8. The van der Waals surface area contributed by atoms with E-state index in [4.69, 9.17) is 5.11 Å². The molecule has 2 saturated carbocycles. The third-order valence-electron chi connectivity index (χ3n) is 6.35. The van der Waals surface area contributed by atoms with Crippen LogP contribution in [0.25, 0.3) is 0 Å². The van der Waals surface area contributed by atoms with Gasteiger partial charge in [0.1, 0.15) is 0 Å². The molecule has 158 valence electrons. The van der Waals surface area contributed by atoms with Gasteiger partial charge in [0.2, 0.25) is 0 Å². The third-order valence-corrected chi connectivity index (χ3v) is 6.35. The van der Waals surface area contributed by atoms with Crippen LogP contribution in [0.15, 0.2) is 23.8 Å². The van der Waals surface area contributed by atoms with Gasteiger partial charge in [0.05, 0.1) is 18.8 Å². The molecule has 0 amide bonds. The van der Waals surface area contributed by atoms with E-state index in [0.717, 1.165) is 38.6 Å². The second-order valence-electron chi connectivity index (χ2n) is 8.53. The van der Waals surface area contributed by atoms with Crippen molar-refractivity contribution in [1.29, 1.82) is 0 Å². The van der Waals surface area contributed by atoms with Crippen LogP contribution in [-0.2, 0) is 0 Å². The normalized spacial score (nSPS) is 30.4. The summed E-state index contributed by atoms with van der Waals surface area (Å²) in [7, 11) is 0. The van der Waals surface area contributed by atoms with Crippen molar-refractivity contribution >= 4 is 0 Å². The Morgan fingerprint density at radius 3 is 2.82 bits per heavy atom. The van der Waals surface area contributed by atoms with Gasteiger partial charge in [0.25, 0.3) is 0 Å².